The molecule has 0 saturated carbocycles. The molecule has 8 nitrogen and oxygen atoms in total. The molecule has 2 heterocycles. The third kappa shape index (κ3) is 4.81. The Kier molecular flexibility index (Phi) is 7.99. The van der Waals surface area contributed by atoms with Crippen molar-refractivity contribution < 1.29 is 19.5 Å². The Hall–Kier alpha value is -1.51. The molecule has 4 amide bonds. The Bertz CT molecular complexity index is 483. The Morgan fingerprint density at radius 3 is 2.08 bits per heavy atom. The summed E-state index contributed by atoms with van der Waals surface area (Å²) in [6.45, 7) is 5.35. The number of unbranched alkanes of at least 4 members (excludes halogenated alkanes) is 5. The molecule has 8 heteroatoms. The van der Waals surface area contributed by atoms with Gasteiger partial charge in [-0.2, -0.15) is 0 Å². The van der Waals surface area contributed by atoms with Gasteiger partial charge in [0, 0.05) is 32.7 Å². The lowest BCUT2D eigenvalue weighted by Crippen LogP contribution is -2.74. The van der Waals surface area contributed by atoms with Crippen LogP contribution in [0.3, 0.4) is 0 Å². The molecule has 2 fully saturated rings. The van der Waals surface area contributed by atoms with Crippen LogP contribution in [0.4, 0.5) is 4.79 Å². The van der Waals surface area contributed by atoms with Crippen LogP contribution in [0.1, 0.15) is 51.9 Å². The fourth-order valence-electron chi connectivity index (χ4n) is 3.88. The smallest absolute Gasteiger partial charge is 0.328 e. The van der Waals surface area contributed by atoms with Crippen molar-refractivity contribution in [3.8, 4) is 0 Å². The van der Waals surface area contributed by atoms with Gasteiger partial charge < -0.3 is 5.11 Å². The Balaban J connectivity index is 2.03. The third-order valence-corrected chi connectivity index (χ3v) is 5.43. The van der Waals surface area contributed by atoms with E-state index in [1.807, 2.05) is 4.90 Å². The molecule has 0 spiro atoms. The first-order valence-corrected chi connectivity index (χ1v) is 9.79. The lowest BCUT2D eigenvalue weighted by molar-refractivity contribution is -0.150. The van der Waals surface area contributed by atoms with Gasteiger partial charge in [-0.05, 0) is 6.42 Å². The number of nitrogens with zero attached hydrogens (tertiary/aromatic N) is 2. The van der Waals surface area contributed by atoms with E-state index in [0.717, 1.165) is 19.3 Å². The lowest BCUT2D eigenvalue weighted by atomic mass is 9.85. The summed E-state index contributed by atoms with van der Waals surface area (Å²) in [6, 6.07) is -0.738. The van der Waals surface area contributed by atoms with Crippen molar-refractivity contribution in [2.75, 3.05) is 39.3 Å². The molecule has 2 rings (SSSR count). The molecule has 26 heavy (non-hydrogen) atoms. The Labute approximate surface area is 155 Å². The quantitative estimate of drug-likeness (QED) is 0.382. The molecular weight excluding hydrogens is 336 g/mol. The highest BCUT2D eigenvalue weighted by atomic mass is 16.3. The second-order valence-electron chi connectivity index (χ2n) is 7.17. The van der Waals surface area contributed by atoms with Crippen molar-refractivity contribution in [2.45, 2.75) is 57.4 Å². The number of carbonyl (C=O) groups is 3. The van der Waals surface area contributed by atoms with Gasteiger partial charge in [0.15, 0.2) is 5.54 Å². The molecule has 0 unspecified atom stereocenters. The molecule has 148 valence electrons. The van der Waals surface area contributed by atoms with Gasteiger partial charge in [0.25, 0.3) is 11.8 Å². The summed E-state index contributed by atoms with van der Waals surface area (Å²) in [6.07, 6.45) is 6.80. The molecule has 0 aromatic rings. The van der Waals surface area contributed by atoms with Crippen molar-refractivity contribution >= 4 is 17.8 Å². The SMILES string of the molecule is CCCCCCCCC1(N2CCN(CCO)CC2)C(=O)NC(=O)NC1=O. The van der Waals surface area contributed by atoms with E-state index in [1.165, 1.54) is 19.3 Å². The van der Waals surface area contributed by atoms with Gasteiger partial charge in [-0.25, -0.2) is 4.79 Å². The topological polar surface area (TPSA) is 102 Å². The van der Waals surface area contributed by atoms with E-state index >= 15 is 0 Å². The minimum Gasteiger partial charge on any atom is -0.395 e. The van der Waals surface area contributed by atoms with Crippen molar-refractivity contribution in [1.82, 2.24) is 20.4 Å². The van der Waals surface area contributed by atoms with Crippen LogP contribution in [-0.4, -0.2) is 77.6 Å². The van der Waals surface area contributed by atoms with E-state index < -0.39 is 23.4 Å². The average Bonchev–Trinajstić information content (AvgIpc) is 2.61. The van der Waals surface area contributed by atoms with E-state index in [-0.39, 0.29) is 6.61 Å². The van der Waals surface area contributed by atoms with Crippen molar-refractivity contribution in [3.05, 3.63) is 0 Å². The zero-order valence-corrected chi connectivity index (χ0v) is 15.8. The van der Waals surface area contributed by atoms with Crippen LogP contribution >= 0.6 is 0 Å². The maximum absolute atomic E-state index is 12.7. The number of barbiturate groups is 1. The highest BCUT2D eigenvalue weighted by molar-refractivity contribution is 6.22. The van der Waals surface area contributed by atoms with Gasteiger partial charge in [0.05, 0.1) is 6.61 Å². The number of urea groups is 1. The summed E-state index contributed by atoms with van der Waals surface area (Å²) < 4.78 is 0. The molecule has 2 aliphatic heterocycles. The number of piperazine rings is 1. The fourth-order valence-corrected chi connectivity index (χ4v) is 3.88. The fraction of sp³-hybridized carbons (Fsp3) is 0.833. The van der Waals surface area contributed by atoms with Crippen LogP contribution in [0.2, 0.25) is 0 Å². The van der Waals surface area contributed by atoms with Crippen molar-refractivity contribution in [2.24, 2.45) is 0 Å². The first-order valence-electron chi connectivity index (χ1n) is 9.79. The standard InChI is InChI=1S/C18H32N4O4/c1-2-3-4-5-6-7-8-18(15(24)19-17(26)20-16(18)25)22-11-9-21(10-12-22)13-14-23/h23H,2-14H2,1H3,(H2,19,20,24,25,26). The zero-order valence-electron chi connectivity index (χ0n) is 15.8. The molecular formula is C18H32N4O4. The first-order chi connectivity index (χ1) is 12.5. The van der Waals surface area contributed by atoms with Crippen molar-refractivity contribution in [3.63, 3.8) is 0 Å². The summed E-state index contributed by atoms with van der Waals surface area (Å²) >= 11 is 0. The molecule has 0 aromatic heterocycles. The predicted molar refractivity (Wildman–Crippen MR) is 97.5 cm³/mol. The first kappa shape index (κ1) is 20.8. The second-order valence-corrected chi connectivity index (χ2v) is 7.17. The van der Waals surface area contributed by atoms with E-state index in [2.05, 4.69) is 22.5 Å². The summed E-state index contributed by atoms with van der Waals surface area (Å²) in [7, 11) is 0. The van der Waals surface area contributed by atoms with Crippen LogP contribution in [0, 0.1) is 0 Å². The average molecular weight is 368 g/mol. The number of β-amino-alcohol motifs (C(OH)–C–C–N with tert-alkyl or cyclic N) is 1. The van der Waals surface area contributed by atoms with Gasteiger partial charge in [-0.15, -0.1) is 0 Å². The van der Waals surface area contributed by atoms with Crippen LogP contribution in [0.15, 0.2) is 0 Å². The molecule has 0 bridgehead atoms. The second kappa shape index (κ2) is 9.99. The van der Waals surface area contributed by atoms with E-state index in [4.69, 9.17) is 5.11 Å². The normalized spacial score (nSPS) is 21.5. The van der Waals surface area contributed by atoms with E-state index in [9.17, 15) is 14.4 Å². The number of aliphatic hydroxyl groups excluding tert-OH is 1. The van der Waals surface area contributed by atoms with Gasteiger partial charge >= 0.3 is 6.03 Å². The minimum atomic E-state index is -1.30. The van der Waals surface area contributed by atoms with Crippen molar-refractivity contribution in [1.29, 1.82) is 0 Å². The Morgan fingerprint density at radius 1 is 0.923 bits per heavy atom. The maximum Gasteiger partial charge on any atom is 0.328 e. The molecule has 3 N–H and O–H groups in total. The van der Waals surface area contributed by atoms with E-state index in [1.54, 1.807) is 0 Å². The van der Waals surface area contributed by atoms with Crippen LogP contribution in [-0.2, 0) is 9.59 Å². The molecule has 0 aromatic carbocycles. The summed E-state index contributed by atoms with van der Waals surface area (Å²) in [4.78, 5) is 41.0. The molecule has 0 aliphatic carbocycles. The summed E-state index contributed by atoms with van der Waals surface area (Å²) in [5.41, 5.74) is -1.30. The predicted octanol–water partition coefficient (Wildman–Crippen LogP) is 0.452. The monoisotopic (exact) mass is 368 g/mol. The molecule has 0 atom stereocenters. The van der Waals surface area contributed by atoms with Gasteiger partial charge in [-0.1, -0.05) is 45.4 Å². The molecule has 2 saturated heterocycles. The summed E-state index contributed by atoms with van der Waals surface area (Å²) in [5, 5.41) is 13.7. The lowest BCUT2D eigenvalue weighted by Gasteiger charge is -2.46. The third-order valence-electron chi connectivity index (χ3n) is 5.43. The number of amides is 4. The number of imide groups is 2. The maximum atomic E-state index is 12.7. The molecule has 2 aliphatic rings. The summed E-state index contributed by atoms with van der Waals surface area (Å²) in [5.74, 6) is -1.01. The van der Waals surface area contributed by atoms with Crippen LogP contribution in [0.5, 0.6) is 0 Å². The highest BCUT2D eigenvalue weighted by Gasteiger charge is 2.54. The number of nitrogens with one attached hydrogen (secondary N) is 2. The van der Waals surface area contributed by atoms with E-state index in [0.29, 0.717) is 39.1 Å². The van der Waals surface area contributed by atoms with Gasteiger partial charge in [0.1, 0.15) is 0 Å². The number of hydrogen-bond acceptors (Lipinski definition) is 6. The Morgan fingerprint density at radius 2 is 1.50 bits per heavy atom. The van der Waals surface area contributed by atoms with Gasteiger partial charge in [-0.3, -0.25) is 30.0 Å². The number of hydrogen-bond donors (Lipinski definition) is 3. The van der Waals surface area contributed by atoms with Gasteiger partial charge in [0.2, 0.25) is 0 Å². The van der Waals surface area contributed by atoms with Crippen LogP contribution in [0.25, 0.3) is 0 Å². The number of carbonyl (C=O) groups excluding carboxylic acids is 3. The number of rotatable bonds is 10. The molecule has 0 radical (unpaired) electrons. The zero-order chi connectivity index (χ0) is 19.0. The highest BCUT2D eigenvalue weighted by Crippen LogP contribution is 2.28. The minimum absolute atomic E-state index is 0.0956. The van der Waals surface area contributed by atoms with Crippen LogP contribution < -0.4 is 10.6 Å². The number of aliphatic hydroxyl groups is 1. The largest absolute Gasteiger partial charge is 0.395 e.